The molecule has 22 heavy (non-hydrogen) atoms. The largest absolute Gasteiger partial charge is 0.379 e. The third kappa shape index (κ3) is 15.7. The lowest BCUT2D eigenvalue weighted by molar-refractivity contribution is -0.000809. The van der Waals surface area contributed by atoms with Crippen LogP contribution in [0.15, 0.2) is 0 Å². The van der Waals surface area contributed by atoms with Crippen LogP contribution < -0.4 is 5.32 Å². The summed E-state index contributed by atoms with van der Waals surface area (Å²) in [4.78, 5) is 0. The molecule has 0 heterocycles. The van der Waals surface area contributed by atoms with Gasteiger partial charge < -0.3 is 18.9 Å². The second-order valence-electron chi connectivity index (χ2n) is 5.40. The van der Waals surface area contributed by atoms with Crippen molar-refractivity contribution in [1.82, 2.24) is 5.32 Å². The van der Waals surface area contributed by atoms with E-state index in [9.17, 15) is 0 Å². The Morgan fingerprint density at radius 3 is 1.82 bits per heavy atom. The molecular formula is C16H32N2O4. The summed E-state index contributed by atoms with van der Waals surface area (Å²) in [6, 6.07) is 2.21. The van der Waals surface area contributed by atoms with Gasteiger partial charge in [0.2, 0.25) is 0 Å². The van der Waals surface area contributed by atoms with Crippen LogP contribution in [-0.4, -0.2) is 64.9 Å². The standard InChI is InChI=1S/C16H32N2O4/c1-4-19-9-10-21-13-14-22-12-11-20-8-6-5-7-18-16(2,3)15-17/h18H,4-14H2,1-3H3. The number of rotatable bonds is 16. The molecule has 0 saturated carbocycles. The zero-order valence-electron chi connectivity index (χ0n) is 14.4. The number of nitrogens with zero attached hydrogens (tertiary/aromatic N) is 1. The van der Waals surface area contributed by atoms with E-state index < -0.39 is 5.54 Å². The maximum atomic E-state index is 8.84. The highest BCUT2D eigenvalue weighted by molar-refractivity contribution is 4.99. The van der Waals surface area contributed by atoms with Gasteiger partial charge in [0.25, 0.3) is 0 Å². The van der Waals surface area contributed by atoms with Gasteiger partial charge in [0.1, 0.15) is 5.54 Å². The zero-order valence-corrected chi connectivity index (χ0v) is 14.4. The fourth-order valence-corrected chi connectivity index (χ4v) is 1.57. The molecule has 0 aromatic heterocycles. The van der Waals surface area contributed by atoms with E-state index in [0.717, 1.165) is 32.6 Å². The molecule has 0 spiro atoms. The summed E-state index contributed by atoms with van der Waals surface area (Å²) in [5, 5.41) is 12.0. The van der Waals surface area contributed by atoms with Gasteiger partial charge in [-0.1, -0.05) is 0 Å². The second kappa shape index (κ2) is 15.2. The fraction of sp³-hybridized carbons (Fsp3) is 0.938. The molecule has 0 rings (SSSR count). The van der Waals surface area contributed by atoms with Crippen molar-refractivity contribution in [1.29, 1.82) is 5.26 Å². The van der Waals surface area contributed by atoms with E-state index in [2.05, 4.69) is 11.4 Å². The Morgan fingerprint density at radius 2 is 1.32 bits per heavy atom. The Morgan fingerprint density at radius 1 is 0.818 bits per heavy atom. The normalized spacial score (nSPS) is 11.5. The lowest BCUT2D eigenvalue weighted by Gasteiger charge is -2.17. The summed E-state index contributed by atoms with van der Waals surface area (Å²) in [6.07, 6.45) is 1.98. The number of hydrogen-bond acceptors (Lipinski definition) is 6. The van der Waals surface area contributed by atoms with Crippen LogP contribution >= 0.6 is 0 Å². The van der Waals surface area contributed by atoms with Gasteiger partial charge in [-0.3, -0.25) is 5.32 Å². The molecule has 0 bridgehead atoms. The Kier molecular flexibility index (Phi) is 14.7. The minimum absolute atomic E-state index is 0.445. The highest BCUT2D eigenvalue weighted by Gasteiger charge is 2.13. The summed E-state index contributed by atoms with van der Waals surface area (Å²) in [5.74, 6) is 0. The first-order valence-electron chi connectivity index (χ1n) is 8.09. The van der Waals surface area contributed by atoms with Gasteiger partial charge in [0.15, 0.2) is 0 Å². The second-order valence-corrected chi connectivity index (χ2v) is 5.40. The summed E-state index contributed by atoms with van der Waals surface area (Å²) < 4.78 is 21.3. The minimum atomic E-state index is -0.445. The Labute approximate surface area is 135 Å². The van der Waals surface area contributed by atoms with Gasteiger partial charge in [-0.25, -0.2) is 0 Å². The van der Waals surface area contributed by atoms with Crippen molar-refractivity contribution < 1.29 is 18.9 Å². The summed E-state index contributed by atoms with van der Waals surface area (Å²) >= 11 is 0. The van der Waals surface area contributed by atoms with Crippen LogP contribution in [0.25, 0.3) is 0 Å². The lowest BCUT2D eigenvalue weighted by atomic mass is 10.1. The van der Waals surface area contributed by atoms with Gasteiger partial charge in [-0.15, -0.1) is 0 Å². The predicted octanol–water partition coefficient (Wildman–Crippen LogP) is 1.74. The first-order valence-corrected chi connectivity index (χ1v) is 8.09. The Balaban J connectivity index is 3.08. The maximum Gasteiger partial charge on any atom is 0.101 e. The molecule has 6 heteroatoms. The highest BCUT2D eigenvalue weighted by Crippen LogP contribution is 1.99. The smallest absolute Gasteiger partial charge is 0.101 e. The van der Waals surface area contributed by atoms with Gasteiger partial charge in [0.05, 0.1) is 45.7 Å². The predicted molar refractivity (Wildman–Crippen MR) is 85.9 cm³/mol. The van der Waals surface area contributed by atoms with Crippen LogP contribution in [0.4, 0.5) is 0 Å². The van der Waals surface area contributed by atoms with Gasteiger partial charge in [-0.2, -0.15) is 5.26 Å². The van der Waals surface area contributed by atoms with Crippen molar-refractivity contribution in [2.75, 3.05) is 59.4 Å². The van der Waals surface area contributed by atoms with E-state index in [0.29, 0.717) is 39.6 Å². The van der Waals surface area contributed by atoms with Gasteiger partial charge in [-0.05, 0) is 40.2 Å². The lowest BCUT2D eigenvalue weighted by Crippen LogP contribution is -2.38. The quantitative estimate of drug-likeness (QED) is 0.437. The third-order valence-corrected chi connectivity index (χ3v) is 2.88. The van der Waals surface area contributed by atoms with E-state index in [-0.39, 0.29) is 0 Å². The van der Waals surface area contributed by atoms with Crippen LogP contribution in [0.5, 0.6) is 0 Å². The molecule has 0 aliphatic carbocycles. The molecule has 0 saturated heterocycles. The van der Waals surface area contributed by atoms with E-state index in [1.807, 2.05) is 20.8 Å². The molecule has 0 aromatic carbocycles. The molecular weight excluding hydrogens is 284 g/mol. The summed E-state index contributed by atoms with van der Waals surface area (Å²) in [5.41, 5.74) is -0.445. The SMILES string of the molecule is CCOCCOCCOCCOCCCCNC(C)(C)C#N. The molecule has 0 aliphatic rings. The highest BCUT2D eigenvalue weighted by atomic mass is 16.6. The van der Waals surface area contributed by atoms with E-state index in [4.69, 9.17) is 24.2 Å². The van der Waals surface area contributed by atoms with Crippen LogP contribution in [0, 0.1) is 11.3 Å². The van der Waals surface area contributed by atoms with Crippen LogP contribution in [-0.2, 0) is 18.9 Å². The van der Waals surface area contributed by atoms with Crippen molar-refractivity contribution in [3.63, 3.8) is 0 Å². The average molecular weight is 316 g/mol. The average Bonchev–Trinajstić information content (AvgIpc) is 2.51. The number of hydrogen-bond donors (Lipinski definition) is 1. The Hall–Kier alpha value is -0.710. The van der Waals surface area contributed by atoms with Crippen molar-refractivity contribution in [3.05, 3.63) is 0 Å². The number of nitrogens with one attached hydrogen (secondary N) is 1. The van der Waals surface area contributed by atoms with Crippen LogP contribution in [0.1, 0.15) is 33.6 Å². The molecule has 130 valence electrons. The van der Waals surface area contributed by atoms with E-state index in [1.54, 1.807) is 0 Å². The monoisotopic (exact) mass is 316 g/mol. The minimum Gasteiger partial charge on any atom is -0.379 e. The molecule has 0 amide bonds. The molecule has 0 fully saturated rings. The first-order chi connectivity index (χ1) is 10.6. The number of unbranched alkanes of at least 4 members (excludes halogenated alkanes) is 1. The molecule has 0 aromatic rings. The van der Waals surface area contributed by atoms with Gasteiger partial charge >= 0.3 is 0 Å². The van der Waals surface area contributed by atoms with E-state index in [1.165, 1.54) is 0 Å². The molecule has 0 unspecified atom stereocenters. The first kappa shape index (κ1) is 21.3. The van der Waals surface area contributed by atoms with E-state index >= 15 is 0 Å². The summed E-state index contributed by atoms with van der Waals surface area (Å²) in [7, 11) is 0. The molecule has 0 radical (unpaired) electrons. The maximum absolute atomic E-state index is 8.84. The Bertz CT molecular complexity index is 280. The molecule has 0 atom stereocenters. The van der Waals surface area contributed by atoms with Crippen molar-refractivity contribution in [2.45, 2.75) is 39.2 Å². The van der Waals surface area contributed by atoms with Crippen molar-refractivity contribution >= 4 is 0 Å². The van der Waals surface area contributed by atoms with Crippen molar-refractivity contribution in [2.24, 2.45) is 0 Å². The number of ether oxygens (including phenoxy) is 4. The number of nitriles is 1. The molecule has 0 aliphatic heterocycles. The molecule has 6 nitrogen and oxygen atoms in total. The third-order valence-electron chi connectivity index (χ3n) is 2.88. The van der Waals surface area contributed by atoms with Gasteiger partial charge in [0, 0.05) is 13.2 Å². The van der Waals surface area contributed by atoms with Crippen LogP contribution in [0.3, 0.4) is 0 Å². The zero-order chi connectivity index (χ0) is 16.5. The fourth-order valence-electron chi connectivity index (χ4n) is 1.57. The van der Waals surface area contributed by atoms with Crippen LogP contribution in [0.2, 0.25) is 0 Å². The summed E-state index contributed by atoms with van der Waals surface area (Å²) in [6.45, 7) is 11.6. The topological polar surface area (TPSA) is 72.7 Å². The molecule has 1 N–H and O–H groups in total. The van der Waals surface area contributed by atoms with Crippen molar-refractivity contribution in [3.8, 4) is 6.07 Å².